The van der Waals surface area contributed by atoms with Crippen LogP contribution >= 0.6 is 11.8 Å². The number of amides is 1. The van der Waals surface area contributed by atoms with E-state index in [9.17, 15) is 4.79 Å². The lowest BCUT2D eigenvalue weighted by Crippen LogP contribution is -2.31. The SMILES string of the molecule is CC(N)CCSCC(=O)NN. The molecule has 0 aliphatic rings. The number of nitrogens with two attached hydrogens (primary N) is 2. The molecule has 1 amide bonds. The number of carbonyl (C=O) groups excluding carboxylic acids is 1. The van der Waals surface area contributed by atoms with Crippen molar-refractivity contribution in [2.45, 2.75) is 19.4 Å². The van der Waals surface area contributed by atoms with Crippen LogP contribution in [0.25, 0.3) is 0 Å². The topological polar surface area (TPSA) is 81.1 Å². The molecule has 0 saturated heterocycles. The summed E-state index contributed by atoms with van der Waals surface area (Å²) in [6.45, 7) is 1.95. The van der Waals surface area contributed by atoms with Crippen molar-refractivity contribution in [1.82, 2.24) is 5.43 Å². The summed E-state index contributed by atoms with van der Waals surface area (Å²) >= 11 is 1.54. The molecule has 0 spiro atoms. The van der Waals surface area contributed by atoms with Crippen molar-refractivity contribution in [3.63, 3.8) is 0 Å². The smallest absolute Gasteiger partial charge is 0.243 e. The fourth-order valence-electron chi connectivity index (χ4n) is 0.476. The van der Waals surface area contributed by atoms with E-state index in [-0.39, 0.29) is 11.9 Å². The zero-order valence-electron chi connectivity index (χ0n) is 6.67. The van der Waals surface area contributed by atoms with E-state index < -0.39 is 0 Å². The van der Waals surface area contributed by atoms with E-state index in [4.69, 9.17) is 11.6 Å². The molecule has 4 nitrogen and oxygen atoms in total. The Balaban J connectivity index is 3.08. The van der Waals surface area contributed by atoms with E-state index in [0.29, 0.717) is 5.75 Å². The van der Waals surface area contributed by atoms with Crippen LogP contribution in [0.4, 0.5) is 0 Å². The summed E-state index contributed by atoms with van der Waals surface area (Å²) in [4.78, 5) is 10.6. The van der Waals surface area contributed by atoms with Crippen molar-refractivity contribution in [3.8, 4) is 0 Å². The minimum absolute atomic E-state index is 0.139. The summed E-state index contributed by atoms with van der Waals surface area (Å²) in [6, 6.07) is 0.212. The van der Waals surface area contributed by atoms with Gasteiger partial charge in [0.2, 0.25) is 5.91 Å². The summed E-state index contributed by atoms with van der Waals surface area (Å²) in [6.07, 6.45) is 0.933. The molecule has 0 aromatic heterocycles. The largest absolute Gasteiger partial charge is 0.328 e. The summed E-state index contributed by atoms with van der Waals surface area (Å²) in [5, 5.41) is 0. The number of thioether (sulfide) groups is 1. The third kappa shape index (κ3) is 7.64. The third-order valence-electron chi connectivity index (χ3n) is 1.11. The van der Waals surface area contributed by atoms with Crippen LogP contribution in [0.1, 0.15) is 13.3 Å². The summed E-state index contributed by atoms with van der Waals surface area (Å²) in [7, 11) is 0. The quantitative estimate of drug-likeness (QED) is 0.228. The maximum Gasteiger partial charge on any atom is 0.243 e. The molecule has 0 saturated carbocycles. The van der Waals surface area contributed by atoms with E-state index in [1.807, 2.05) is 6.92 Å². The van der Waals surface area contributed by atoms with E-state index in [2.05, 4.69) is 5.43 Å². The van der Waals surface area contributed by atoms with Gasteiger partial charge in [-0.2, -0.15) is 11.8 Å². The Morgan fingerprint density at radius 1 is 1.73 bits per heavy atom. The first-order valence-corrected chi connectivity index (χ1v) is 4.65. The van der Waals surface area contributed by atoms with Gasteiger partial charge in [0.05, 0.1) is 5.75 Å². The van der Waals surface area contributed by atoms with Gasteiger partial charge in [-0.25, -0.2) is 5.84 Å². The minimum Gasteiger partial charge on any atom is -0.328 e. The van der Waals surface area contributed by atoms with Crippen molar-refractivity contribution >= 4 is 17.7 Å². The molecule has 0 rings (SSSR count). The number of hydrogen-bond acceptors (Lipinski definition) is 4. The zero-order valence-corrected chi connectivity index (χ0v) is 7.49. The van der Waals surface area contributed by atoms with Crippen LogP contribution in [0.5, 0.6) is 0 Å². The highest BCUT2D eigenvalue weighted by molar-refractivity contribution is 7.99. The first-order chi connectivity index (χ1) is 5.16. The number of rotatable bonds is 5. The summed E-state index contributed by atoms with van der Waals surface area (Å²) in [5.74, 6) is 6.06. The van der Waals surface area contributed by atoms with Crippen molar-refractivity contribution in [2.24, 2.45) is 11.6 Å². The van der Waals surface area contributed by atoms with E-state index in [1.165, 1.54) is 0 Å². The Kier molecular flexibility index (Phi) is 6.30. The molecule has 5 heteroatoms. The molecule has 11 heavy (non-hydrogen) atoms. The molecule has 0 aromatic rings. The van der Waals surface area contributed by atoms with Gasteiger partial charge in [-0.1, -0.05) is 0 Å². The predicted molar refractivity (Wildman–Crippen MR) is 47.9 cm³/mol. The van der Waals surface area contributed by atoms with E-state index in [0.717, 1.165) is 12.2 Å². The lowest BCUT2D eigenvalue weighted by atomic mass is 10.3. The lowest BCUT2D eigenvalue weighted by molar-refractivity contribution is -0.118. The minimum atomic E-state index is -0.139. The van der Waals surface area contributed by atoms with Gasteiger partial charge in [-0.15, -0.1) is 0 Å². The first kappa shape index (κ1) is 10.7. The fourth-order valence-corrected chi connectivity index (χ4v) is 1.43. The monoisotopic (exact) mass is 177 g/mol. The van der Waals surface area contributed by atoms with Gasteiger partial charge in [-0.05, 0) is 19.1 Å². The fraction of sp³-hybridized carbons (Fsp3) is 0.833. The molecular formula is C6H15N3OS. The average Bonchev–Trinajstić information content (AvgIpc) is 1.97. The van der Waals surface area contributed by atoms with E-state index >= 15 is 0 Å². The standard InChI is InChI=1S/C6H15N3OS/c1-5(7)2-3-11-4-6(10)9-8/h5H,2-4,7-8H2,1H3,(H,9,10). The third-order valence-corrected chi connectivity index (χ3v) is 2.10. The van der Waals surface area contributed by atoms with Crippen LogP contribution in [0, 0.1) is 0 Å². The number of hydrazine groups is 1. The van der Waals surface area contributed by atoms with Crippen LogP contribution in [0.3, 0.4) is 0 Å². The van der Waals surface area contributed by atoms with Gasteiger partial charge in [0.1, 0.15) is 0 Å². The second kappa shape index (κ2) is 6.45. The van der Waals surface area contributed by atoms with Crippen LogP contribution in [-0.2, 0) is 4.79 Å². The maximum absolute atomic E-state index is 10.6. The number of hydrogen-bond donors (Lipinski definition) is 3. The molecule has 0 radical (unpaired) electrons. The Morgan fingerprint density at radius 3 is 2.82 bits per heavy atom. The molecule has 5 N–H and O–H groups in total. The highest BCUT2D eigenvalue weighted by Gasteiger charge is 1.98. The molecule has 0 aliphatic carbocycles. The molecule has 0 heterocycles. The van der Waals surface area contributed by atoms with Crippen LogP contribution in [-0.4, -0.2) is 23.5 Å². The van der Waals surface area contributed by atoms with Gasteiger partial charge in [0, 0.05) is 6.04 Å². The number of carbonyl (C=O) groups is 1. The molecule has 66 valence electrons. The van der Waals surface area contributed by atoms with Crippen molar-refractivity contribution in [3.05, 3.63) is 0 Å². The van der Waals surface area contributed by atoms with Crippen LogP contribution in [0.15, 0.2) is 0 Å². The molecule has 1 unspecified atom stereocenters. The van der Waals surface area contributed by atoms with Crippen molar-refractivity contribution in [1.29, 1.82) is 0 Å². The second-order valence-corrected chi connectivity index (χ2v) is 3.49. The average molecular weight is 177 g/mol. The normalized spacial score (nSPS) is 12.6. The predicted octanol–water partition coefficient (Wildman–Crippen LogP) is -0.553. The van der Waals surface area contributed by atoms with Gasteiger partial charge in [0.25, 0.3) is 0 Å². The summed E-state index contributed by atoms with van der Waals surface area (Å²) < 4.78 is 0. The highest BCUT2D eigenvalue weighted by atomic mass is 32.2. The highest BCUT2D eigenvalue weighted by Crippen LogP contribution is 2.02. The molecule has 0 aliphatic heterocycles. The van der Waals surface area contributed by atoms with Gasteiger partial charge in [0.15, 0.2) is 0 Å². The van der Waals surface area contributed by atoms with Gasteiger partial charge < -0.3 is 5.73 Å². The first-order valence-electron chi connectivity index (χ1n) is 3.49. The maximum atomic E-state index is 10.6. The Labute approximate surface area is 71.0 Å². The Hall–Kier alpha value is -0.260. The Bertz CT molecular complexity index is 118. The Morgan fingerprint density at radius 2 is 2.36 bits per heavy atom. The molecule has 0 bridgehead atoms. The second-order valence-electron chi connectivity index (χ2n) is 2.39. The summed E-state index contributed by atoms with van der Waals surface area (Å²) in [5.41, 5.74) is 7.57. The van der Waals surface area contributed by atoms with Gasteiger partial charge >= 0.3 is 0 Å². The molecule has 0 fully saturated rings. The molecular weight excluding hydrogens is 162 g/mol. The lowest BCUT2D eigenvalue weighted by Gasteiger charge is -2.03. The van der Waals surface area contributed by atoms with Gasteiger partial charge in [-0.3, -0.25) is 10.2 Å². The number of nitrogens with one attached hydrogen (secondary N) is 1. The van der Waals surface area contributed by atoms with Crippen molar-refractivity contribution < 1.29 is 4.79 Å². The molecule has 1 atom stereocenters. The van der Waals surface area contributed by atoms with E-state index in [1.54, 1.807) is 11.8 Å². The van der Waals surface area contributed by atoms with Crippen molar-refractivity contribution in [2.75, 3.05) is 11.5 Å². The molecule has 0 aromatic carbocycles. The van der Waals surface area contributed by atoms with Crippen LogP contribution in [0.2, 0.25) is 0 Å². The zero-order chi connectivity index (χ0) is 8.69. The van der Waals surface area contributed by atoms with Crippen LogP contribution < -0.4 is 17.0 Å².